The summed E-state index contributed by atoms with van der Waals surface area (Å²) in [7, 11) is 2.15. The van der Waals surface area contributed by atoms with E-state index in [2.05, 4.69) is 23.0 Å². The van der Waals surface area contributed by atoms with Crippen LogP contribution in [0.3, 0.4) is 0 Å². The molecule has 2 N–H and O–H groups in total. The molecule has 5 nitrogen and oxygen atoms in total. The van der Waals surface area contributed by atoms with Crippen LogP contribution >= 0.6 is 0 Å². The van der Waals surface area contributed by atoms with Gasteiger partial charge in [0, 0.05) is 16.8 Å². The van der Waals surface area contributed by atoms with Crippen molar-refractivity contribution >= 4 is 17.4 Å². The number of carbonyl (C=O) groups is 1. The largest absolute Gasteiger partial charge is 0.465 e. The molecule has 1 heterocycles. The number of anilines is 1. The Morgan fingerprint density at radius 2 is 1.86 bits per heavy atom. The van der Waals surface area contributed by atoms with Gasteiger partial charge in [-0.25, -0.2) is 0 Å². The zero-order valence-corrected chi connectivity index (χ0v) is 16.7. The van der Waals surface area contributed by atoms with E-state index in [1.807, 2.05) is 42.5 Å². The number of carbonyl (C=O) groups excluding carboxylic acids is 1. The number of piperidine rings is 1. The highest BCUT2D eigenvalue weighted by Gasteiger charge is 2.25. The second kappa shape index (κ2) is 9.51. The van der Waals surface area contributed by atoms with Crippen LogP contribution in [0.2, 0.25) is 0 Å². The number of nitrogens with zero attached hydrogens (tertiary/aromatic N) is 2. The van der Waals surface area contributed by atoms with E-state index in [1.54, 1.807) is 6.92 Å². The Labute approximate surface area is 167 Å². The summed E-state index contributed by atoms with van der Waals surface area (Å²) in [5, 5.41) is 0. The molecule has 0 radical (unpaired) electrons. The Kier molecular flexibility index (Phi) is 6.82. The van der Waals surface area contributed by atoms with Gasteiger partial charge >= 0.3 is 5.97 Å². The third kappa shape index (κ3) is 4.78. The van der Waals surface area contributed by atoms with Gasteiger partial charge in [0.1, 0.15) is 6.54 Å². The first-order chi connectivity index (χ1) is 13.6. The highest BCUT2D eigenvalue weighted by Crippen LogP contribution is 2.35. The Hall–Kier alpha value is -2.66. The smallest absolute Gasteiger partial charge is 0.327 e. The third-order valence-electron chi connectivity index (χ3n) is 5.24. The molecule has 1 saturated heterocycles. The number of hydrogen-bond acceptors (Lipinski definition) is 5. The SMILES string of the molecule is CCOC(=O)CN=C(c1ccccc1)c1cccc(N)c1C1CCN(C)CC1. The lowest BCUT2D eigenvalue weighted by atomic mass is 9.83. The number of hydrogen-bond donors (Lipinski definition) is 1. The first kappa shape index (κ1) is 20.1. The van der Waals surface area contributed by atoms with Crippen LogP contribution in [-0.4, -0.2) is 49.9 Å². The second-order valence-corrected chi connectivity index (χ2v) is 7.22. The normalized spacial score (nSPS) is 16.1. The van der Waals surface area contributed by atoms with Gasteiger partial charge < -0.3 is 15.4 Å². The van der Waals surface area contributed by atoms with E-state index < -0.39 is 0 Å². The summed E-state index contributed by atoms with van der Waals surface area (Å²) in [6, 6.07) is 16.0. The van der Waals surface area contributed by atoms with E-state index in [9.17, 15) is 4.79 Å². The Balaban J connectivity index is 2.04. The molecule has 1 fully saturated rings. The average Bonchev–Trinajstić information content (AvgIpc) is 2.70. The van der Waals surface area contributed by atoms with Crippen LogP contribution in [-0.2, 0) is 9.53 Å². The van der Waals surface area contributed by atoms with Gasteiger partial charge in [-0.15, -0.1) is 0 Å². The molecule has 2 aromatic rings. The van der Waals surface area contributed by atoms with Crippen molar-refractivity contribution in [3.8, 4) is 0 Å². The zero-order chi connectivity index (χ0) is 19.9. The van der Waals surface area contributed by atoms with E-state index in [1.165, 1.54) is 0 Å². The van der Waals surface area contributed by atoms with Gasteiger partial charge in [-0.05, 0) is 57.5 Å². The molecule has 0 spiro atoms. The summed E-state index contributed by atoms with van der Waals surface area (Å²) >= 11 is 0. The lowest BCUT2D eigenvalue weighted by Gasteiger charge is -2.31. The molecule has 2 aromatic carbocycles. The summed E-state index contributed by atoms with van der Waals surface area (Å²) in [6.07, 6.45) is 2.13. The quantitative estimate of drug-likeness (QED) is 0.474. The predicted octanol–water partition coefficient (Wildman–Crippen LogP) is 3.48. The van der Waals surface area contributed by atoms with Gasteiger partial charge in [0.15, 0.2) is 0 Å². The second-order valence-electron chi connectivity index (χ2n) is 7.22. The van der Waals surface area contributed by atoms with Crippen molar-refractivity contribution in [3.63, 3.8) is 0 Å². The fourth-order valence-corrected chi connectivity index (χ4v) is 3.82. The molecule has 0 saturated carbocycles. The van der Waals surface area contributed by atoms with Crippen LogP contribution in [0.5, 0.6) is 0 Å². The van der Waals surface area contributed by atoms with Crippen molar-refractivity contribution in [2.75, 3.05) is 39.0 Å². The molecular weight excluding hydrogens is 350 g/mol. The van der Waals surface area contributed by atoms with Crippen molar-refractivity contribution in [3.05, 3.63) is 65.2 Å². The molecule has 0 aromatic heterocycles. The van der Waals surface area contributed by atoms with Gasteiger partial charge in [0.25, 0.3) is 0 Å². The minimum absolute atomic E-state index is 0.000287. The molecule has 1 aliphatic rings. The van der Waals surface area contributed by atoms with E-state index in [0.29, 0.717) is 12.5 Å². The number of nitrogen functional groups attached to an aromatic ring is 1. The molecule has 1 aliphatic heterocycles. The molecule has 3 rings (SSSR count). The number of benzene rings is 2. The fourth-order valence-electron chi connectivity index (χ4n) is 3.82. The number of aliphatic imine (C=N–C) groups is 1. The maximum absolute atomic E-state index is 11.9. The number of rotatable bonds is 6. The van der Waals surface area contributed by atoms with Crippen LogP contribution < -0.4 is 5.73 Å². The van der Waals surface area contributed by atoms with Gasteiger partial charge in [0.2, 0.25) is 0 Å². The van der Waals surface area contributed by atoms with Crippen molar-refractivity contribution in [2.24, 2.45) is 4.99 Å². The first-order valence-corrected chi connectivity index (χ1v) is 9.93. The summed E-state index contributed by atoms with van der Waals surface area (Å²) in [6.45, 7) is 4.27. The molecular formula is C23H29N3O2. The lowest BCUT2D eigenvalue weighted by molar-refractivity contribution is -0.141. The molecule has 0 amide bonds. The Morgan fingerprint density at radius 3 is 2.54 bits per heavy atom. The highest BCUT2D eigenvalue weighted by molar-refractivity contribution is 6.14. The number of likely N-dealkylation sites (tertiary alicyclic amines) is 1. The maximum Gasteiger partial charge on any atom is 0.327 e. The van der Waals surface area contributed by atoms with Crippen molar-refractivity contribution in [1.82, 2.24) is 4.90 Å². The molecule has 5 heteroatoms. The molecule has 0 aliphatic carbocycles. The summed E-state index contributed by atoms with van der Waals surface area (Å²) in [5.74, 6) is 0.0737. The van der Waals surface area contributed by atoms with Crippen molar-refractivity contribution in [2.45, 2.75) is 25.7 Å². The molecule has 0 atom stereocenters. The summed E-state index contributed by atoms with van der Waals surface area (Å²) in [4.78, 5) is 19.0. The van der Waals surface area contributed by atoms with Crippen LogP contribution in [0, 0.1) is 0 Å². The zero-order valence-electron chi connectivity index (χ0n) is 16.7. The molecule has 28 heavy (non-hydrogen) atoms. The molecule has 148 valence electrons. The van der Waals surface area contributed by atoms with Gasteiger partial charge in [-0.3, -0.25) is 9.79 Å². The number of esters is 1. The molecule has 0 bridgehead atoms. The lowest BCUT2D eigenvalue weighted by Crippen LogP contribution is -2.30. The first-order valence-electron chi connectivity index (χ1n) is 9.93. The minimum atomic E-state index is -0.319. The summed E-state index contributed by atoms with van der Waals surface area (Å²) < 4.78 is 5.07. The monoisotopic (exact) mass is 379 g/mol. The van der Waals surface area contributed by atoms with Crippen LogP contribution in [0.15, 0.2) is 53.5 Å². The number of nitrogens with two attached hydrogens (primary N) is 1. The minimum Gasteiger partial charge on any atom is -0.465 e. The highest BCUT2D eigenvalue weighted by atomic mass is 16.5. The van der Waals surface area contributed by atoms with Crippen LogP contribution in [0.1, 0.15) is 42.4 Å². The van der Waals surface area contributed by atoms with E-state index in [4.69, 9.17) is 10.5 Å². The third-order valence-corrected chi connectivity index (χ3v) is 5.24. The average molecular weight is 380 g/mol. The van der Waals surface area contributed by atoms with Crippen LogP contribution in [0.4, 0.5) is 5.69 Å². The van der Waals surface area contributed by atoms with Crippen molar-refractivity contribution in [1.29, 1.82) is 0 Å². The Bertz CT molecular complexity index is 825. The van der Waals surface area contributed by atoms with Gasteiger partial charge in [0.05, 0.1) is 12.3 Å². The molecule has 0 unspecified atom stereocenters. The number of ether oxygens (including phenoxy) is 1. The van der Waals surface area contributed by atoms with E-state index in [0.717, 1.165) is 54.0 Å². The van der Waals surface area contributed by atoms with Crippen molar-refractivity contribution < 1.29 is 9.53 Å². The Morgan fingerprint density at radius 1 is 1.14 bits per heavy atom. The van der Waals surface area contributed by atoms with Crippen LogP contribution in [0.25, 0.3) is 0 Å². The topological polar surface area (TPSA) is 67.9 Å². The van der Waals surface area contributed by atoms with E-state index in [-0.39, 0.29) is 12.5 Å². The standard InChI is InChI=1S/C23H29N3O2/c1-3-28-21(27)16-25-23(18-8-5-4-6-9-18)19-10-7-11-20(24)22(19)17-12-14-26(2)15-13-17/h4-11,17H,3,12-16,24H2,1-2H3. The van der Waals surface area contributed by atoms with E-state index >= 15 is 0 Å². The predicted molar refractivity (Wildman–Crippen MR) is 114 cm³/mol. The van der Waals surface area contributed by atoms with Gasteiger partial charge in [-0.2, -0.15) is 0 Å². The summed E-state index contributed by atoms with van der Waals surface area (Å²) in [5.41, 5.74) is 11.2. The fraction of sp³-hybridized carbons (Fsp3) is 0.391. The van der Waals surface area contributed by atoms with Gasteiger partial charge in [-0.1, -0.05) is 42.5 Å². The maximum atomic E-state index is 11.9.